The summed E-state index contributed by atoms with van der Waals surface area (Å²) in [4.78, 5) is 0. The third-order valence-corrected chi connectivity index (χ3v) is 2.71. The van der Waals surface area contributed by atoms with Gasteiger partial charge in [-0.05, 0) is 36.3 Å². The van der Waals surface area contributed by atoms with E-state index < -0.39 is 6.17 Å². The predicted octanol–water partition coefficient (Wildman–Crippen LogP) is 3.98. The van der Waals surface area contributed by atoms with E-state index in [4.69, 9.17) is 0 Å². The third kappa shape index (κ3) is 1.90. The van der Waals surface area contributed by atoms with Gasteiger partial charge >= 0.3 is 0 Å². The second-order valence-corrected chi connectivity index (χ2v) is 3.82. The minimum Gasteiger partial charge on any atom is -0.242 e. The highest BCUT2D eigenvalue weighted by Crippen LogP contribution is 2.40. The Morgan fingerprint density at radius 3 is 2.38 bits per heavy atom. The van der Waals surface area contributed by atoms with Crippen molar-refractivity contribution in [2.24, 2.45) is 0 Å². The highest BCUT2D eigenvalue weighted by molar-refractivity contribution is 5.29. The van der Waals surface area contributed by atoms with E-state index >= 15 is 0 Å². The molecule has 0 aromatic heterocycles. The summed E-state index contributed by atoms with van der Waals surface area (Å²) >= 11 is 0. The van der Waals surface area contributed by atoms with E-state index in [1.165, 1.54) is 18.4 Å². The largest absolute Gasteiger partial charge is 0.242 e. The molecule has 13 heavy (non-hydrogen) atoms. The van der Waals surface area contributed by atoms with Crippen LogP contribution >= 0.6 is 0 Å². The van der Waals surface area contributed by atoms with Crippen LogP contribution in [0.3, 0.4) is 0 Å². The molecule has 0 aliphatic heterocycles. The molecule has 1 aliphatic rings. The zero-order valence-corrected chi connectivity index (χ0v) is 7.96. The molecule has 1 atom stereocenters. The maximum Gasteiger partial charge on any atom is 0.125 e. The van der Waals surface area contributed by atoms with Crippen molar-refractivity contribution in [3.05, 3.63) is 35.4 Å². The first-order valence-corrected chi connectivity index (χ1v) is 5.05. The van der Waals surface area contributed by atoms with Crippen LogP contribution in [0.4, 0.5) is 4.39 Å². The molecule has 0 heterocycles. The van der Waals surface area contributed by atoms with Crippen LogP contribution in [-0.4, -0.2) is 0 Å². The van der Waals surface area contributed by atoms with Gasteiger partial charge in [-0.1, -0.05) is 31.2 Å². The van der Waals surface area contributed by atoms with Crippen LogP contribution in [0.2, 0.25) is 0 Å². The van der Waals surface area contributed by atoms with Gasteiger partial charge in [0.25, 0.3) is 0 Å². The van der Waals surface area contributed by atoms with Gasteiger partial charge in [-0.3, -0.25) is 0 Å². The van der Waals surface area contributed by atoms with Gasteiger partial charge in [-0.25, -0.2) is 4.39 Å². The first-order chi connectivity index (χ1) is 6.31. The van der Waals surface area contributed by atoms with Crippen molar-refractivity contribution in [2.75, 3.05) is 0 Å². The van der Waals surface area contributed by atoms with Gasteiger partial charge in [0.05, 0.1) is 0 Å². The molecule has 0 amide bonds. The number of rotatable bonds is 3. The third-order valence-electron chi connectivity index (χ3n) is 2.71. The number of hydrogen-bond donors (Lipinski definition) is 0. The number of hydrogen-bond acceptors (Lipinski definition) is 0. The number of alkyl halides is 1. The maximum absolute atomic E-state index is 13.2. The van der Waals surface area contributed by atoms with Crippen LogP contribution in [0.5, 0.6) is 0 Å². The first kappa shape index (κ1) is 8.74. The molecule has 1 aliphatic carbocycles. The van der Waals surface area contributed by atoms with Crippen LogP contribution in [0.15, 0.2) is 24.3 Å². The Labute approximate surface area is 78.8 Å². The molecule has 0 spiro atoms. The minimum atomic E-state index is -0.784. The first-order valence-electron chi connectivity index (χ1n) is 5.05. The Hall–Kier alpha value is -0.850. The Morgan fingerprint density at radius 1 is 1.31 bits per heavy atom. The number of halogens is 1. The van der Waals surface area contributed by atoms with Crippen molar-refractivity contribution in [1.82, 2.24) is 0 Å². The fraction of sp³-hybridized carbons (Fsp3) is 0.500. The lowest BCUT2D eigenvalue weighted by Gasteiger charge is -2.06. The molecule has 1 heteroatoms. The van der Waals surface area contributed by atoms with E-state index in [1.807, 2.05) is 19.1 Å². The van der Waals surface area contributed by atoms with E-state index in [2.05, 4.69) is 12.1 Å². The lowest BCUT2D eigenvalue weighted by molar-refractivity contribution is 0.334. The van der Waals surface area contributed by atoms with E-state index in [1.54, 1.807) is 0 Å². The molecular weight excluding hydrogens is 163 g/mol. The van der Waals surface area contributed by atoms with Crippen LogP contribution in [-0.2, 0) is 0 Å². The monoisotopic (exact) mass is 178 g/mol. The van der Waals surface area contributed by atoms with E-state index in [-0.39, 0.29) is 0 Å². The zero-order chi connectivity index (χ0) is 9.26. The molecule has 0 nitrogen and oxygen atoms in total. The fourth-order valence-corrected chi connectivity index (χ4v) is 1.63. The van der Waals surface area contributed by atoms with Gasteiger partial charge in [-0.15, -0.1) is 0 Å². The minimum absolute atomic E-state index is 0.572. The van der Waals surface area contributed by atoms with Crippen LogP contribution in [0.1, 0.15) is 49.4 Å². The molecule has 1 aromatic rings. The molecule has 1 fully saturated rings. The summed E-state index contributed by atoms with van der Waals surface area (Å²) in [6.07, 6.45) is 2.41. The van der Waals surface area contributed by atoms with Crippen molar-refractivity contribution < 1.29 is 4.39 Å². The second-order valence-electron chi connectivity index (χ2n) is 3.82. The van der Waals surface area contributed by atoms with Crippen LogP contribution in [0, 0.1) is 0 Å². The van der Waals surface area contributed by atoms with Crippen molar-refractivity contribution in [3.8, 4) is 0 Å². The van der Waals surface area contributed by atoms with Crippen molar-refractivity contribution in [2.45, 2.75) is 38.3 Å². The predicted molar refractivity (Wildman–Crippen MR) is 52.6 cm³/mol. The van der Waals surface area contributed by atoms with Crippen LogP contribution < -0.4 is 0 Å². The summed E-state index contributed by atoms with van der Waals surface area (Å²) in [6, 6.07) is 8.02. The topological polar surface area (TPSA) is 0 Å². The molecular formula is C12H15F. The van der Waals surface area contributed by atoms with Gasteiger partial charge in [0.2, 0.25) is 0 Å². The fourth-order valence-electron chi connectivity index (χ4n) is 1.63. The van der Waals surface area contributed by atoms with Crippen molar-refractivity contribution >= 4 is 0 Å². The summed E-state index contributed by atoms with van der Waals surface area (Å²) in [5, 5.41) is 0. The maximum atomic E-state index is 13.2. The second kappa shape index (κ2) is 3.49. The average Bonchev–Trinajstić information content (AvgIpc) is 3.00. The lowest BCUT2D eigenvalue weighted by atomic mass is 10.0. The molecule has 0 N–H and O–H groups in total. The highest BCUT2D eigenvalue weighted by atomic mass is 19.1. The molecule has 2 rings (SSSR count). The lowest BCUT2D eigenvalue weighted by Crippen LogP contribution is -1.89. The Morgan fingerprint density at radius 2 is 1.92 bits per heavy atom. The smallest absolute Gasteiger partial charge is 0.125 e. The molecule has 70 valence electrons. The quantitative estimate of drug-likeness (QED) is 0.656. The van der Waals surface area contributed by atoms with Crippen LogP contribution in [0.25, 0.3) is 0 Å². The number of benzene rings is 1. The molecule has 1 aromatic carbocycles. The van der Waals surface area contributed by atoms with Gasteiger partial charge < -0.3 is 0 Å². The van der Waals surface area contributed by atoms with Gasteiger partial charge in [-0.2, -0.15) is 0 Å². The van der Waals surface area contributed by atoms with Gasteiger partial charge in [0.15, 0.2) is 0 Å². The standard InChI is InChI=1S/C12H15F/c1-2-12(13)11-7-5-10(6-8-11)9-3-4-9/h5-9,12H,2-4H2,1H3. The van der Waals surface area contributed by atoms with Crippen molar-refractivity contribution in [3.63, 3.8) is 0 Å². The Bertz CT molecular complexity index is 272. The highest BCUT2D eigenvalue weighted by Gasteiger charge is 2.23. The van der Waals surface area contributed by atoms with Crippen molar-refractivity contribution in [1.29, 1.82) is 0 Å². The molecule has 0 bridgehead atoms. The summed E-state index contributed by atoms with van der Waals surface area (Å²) in [5.74, 6) is 0.772. The van der Waals surface area contributed by atoms with Gasteiger partial charge in [0, 0.05) is 0 Å². The van der Waals surface area contributed by atoms with E-state index in [0.29, 0.717) is 6.42 Å². The van der Waals surface area contributed by atoms with E-state index in [0.717, 1.165) is 11.5 Å². The summed E-state index contributed by atoms with van der Waals surface area (Å²) in [6.45, 7) is 1.87. The Balaban J connectivity index is 2.12. The summed E-state index contributed by atoms with van der Waals surface area (Å²) < 4.78 is 13.2. The zero-order valence-electron chi connectivity index (χ0n) is 7.96. The van der Waals surface area contributed by atoms with Gasteiger partial charge in [0.1, 0.15) is 6.17 Å². The SMILES string of the molecule is CCC(F)c1ccc(C2CC2)cc1. The molecule has 0 radical (unpaired) electrons. The average molecular weight is 178 g/mol. The van der Waals surface area contributed by atoms with E-state index in [9.17, 15) is 4.39 Å². The Kier molecular flexibility index (Phi) is 2.34. The molecule has 0 saturated heterocycles. The normalized spacial score (nSPS) is 18.6. The molecule has 1 saturated carbocycles. The molecule has 1 unspecified atom stereocenters. The summed E-state index contributed by atoms with van der Waals surface area (Å²) in [5.41, 5.74) is 2.21. The summed E-state index contributed by atoms with van der Waals surface area (Å²) in [7, 11) is 0.